The van der Waals surface area contributed by atoms with Crippen LogP contribution in [0, 0.1) is 12.7 Å². The summed E-state index contributed by atoms with van der Waals surface area (Å²) in [6.45, 7) is 1.53. The number of carbonyl (C=O) groups is 1. The second-order valence-corrected chi connectivity index (χ2v) is 7.60. The third kappa shape index (κ3) is 4.26. The van der Waals surface area contributed by atoms with Crippen molar-refractivity contribution in [2.45, 2.75) is 11.8 Å². The first kappa shape index (κ1) is 19.3. The average molecular weight is 401 g/mol. The molecule has 0 fully saturated rings. The van der Waals surface area contributed by atoms with Gasteiger partial charge in [0.05, 0.1) is 4.90 Å². The van der Waals surface area contributed by atoms with Crippen molar-refractivity contribution in [1.29, 1.82) is 0 Å². The van der Waals surface area contributed by atoms with Gasteiger partial charge in [0.2, 0.25) is 0 Å². The molecule has 28 heavy (non-hydrogen) atoms. The minimum Gasteiger partial charge on any atom is -0.504 e. The molecule has 1 aromatic heterocycles. The summed E-state index contributed by atoms with van der Waals surface area (Å²) < 4.78 is 40.9. The predicted octanol–water partition coefficient (Wildman–Crippen LogP) is 3.29. The molecule has 1 amide bonds. The molecule has 0 aliphatic heterocycles. The fraction of sp³-hybridized carbons (Fsp3) is 0.0526. The summed E-state index contributed by atoms with van der Waals surface area (Å²) in [5, 5.41) is 12.1. The number of nitrogens with one attached hydrogen (secondary N) is 2. The van der Waals surface area contributed by atoms with E-state index in [0.717, 1.165) is 6.07 Å². The molecule has 2 aromatic carbocycles. The molecule has 9 heteroatoms. The van der Waals surface area contributed by atoms with Gasteiger partial charge in [-0.15, -0.1) is 0 Å². The fourth-order valence-electron chi connectivity index (χ4n) is 2.35. The van der Waals surface area contributed by atoms with Crippen molar-refractivity contribution < 1.29 is 22.7 Å². The van der Waals surface area contributed by atoms with E-state index in [1.807, 2.05) is 0 Å². The lowest BCUT2D eigenvalue weighted by Crippen LogP contribution is -2.16. The Balaban J connectivity index is 1.82. The first-order chi connectivity index (χ1) is 13.3. The van der Waals surface area contributed by atoms with E-state index in [-0.39, 0.29) is 27.7 Å². The van der Waals surface area contributed by atoms with E-state index in [1.165, 1.54) is 61.7 Å². The summed E-state index contributed by atoms with van der Waals surface area (Å²) in [4.78, 5) is 16.0. The highest BCUT2D eigenvalue weighted by Crippen LogP contribution is 2.22. The third-order valence-corrected chi connectivity index (χ3v) is 5.23. The number of pyridine rings is 1. The lowest BCUT2D eigenvalue weighted by molar-refractivity contribution is 0.102. The van der Waals surface area contributed by atoms with Crippen LogP contribution < -0.4 is 10.0 Å². The highest BCUT2D eigenvalue weighted by Gasteiger charge is 2.17. The van der Waals surface area contributed by atoms with Crippen LogP contribution >= 0.6 is 0 Å². The Morgan fingerprint density at radius 2 is 1.89 bits per heavy atom. The Morgan fingerprint density at radius 3 is 2.61 bits per heavy atom. The van der Waals surface area contributed by atoms with Gasteiger partial charge < -0.3 is 10.4 Å². The molecular weight excluding hydrogens is 385 g/mol. The van der Waals surface area contributed by atoms with E-state index in [0.29, 0.717) is 5.56 Å². The molecule has 144 valence electrons. The first-order valence-electron chi connectivity index (χ1n) is 8.10. The summed E-state index contributed by atoms with van der Waals surface area (Å²) in [5.41, 5.74) is 0.592. The zero-order valence-corrected chi connectivity index (χ0v) is 15.5. The minimum absolute atomic E-state index is 0.0198. The average Bonchev–Trinajstić information content (AvgIpc) is 2.65. The smallest absolute Gasteiger partial charge is 0.261 e. The zero-order chi connectivity index (χ0) is 20.3. The molecule has 3 rings (SSSR count). The highest BCUT2D eigenvalue weighted by atomic mass is 32.2. The van der Waals surface area contributed by atoms with E-state index in [1.54, 1.807) is 0 Å². The molecule has 0 atom stereocenters. The summed E-state index contributed by atoms with van der Waals surface area (Å²) >= 11 is 0. The van der Waals surface area contributed by atoms with Crippen LogP contribution in [0.1, 0.15) is 15.9 Å². The van der Waals surface area contributed by atoms with Gasteiger partial charge >= 0.3 is 0 Å². The number of carbonyl (C=O) groups excluding carboxylic acids is 1. The van der Waals surface area contributed by atoms with Gasteiger partial charge in [0.1, 0.15) is 5.82 Å². The predicted molar refractivity (Wildman–Crippen MR) is 102 cm³/mol. The summed E-state index contributed by atoms with van der Waals surface area (Å²) in [6.07, 6.45) is 1.40. The number of sulfonamides is 1. The number of aromatic hydroxyl groups is 1. The molecule has 3 aromatic rings. The molecule has 0 radical (unpaired) electrons. The molecule has 7 nitrogen and oxygen atoms in total. The largest absolute Gasteiger partial charge is 0.504 e. The highest BCUT2D eigenvalue weighted by molar-refractivity contribution is 7.92. The van der Waals surface area contributed by atoms with Gasteiger partial charge in [0.15, 0.2) is 11.6 Å². The lowest BCUT2D eigenvalue weighted by Gasteiger charge is -2.11. The van der Waals surface area contributed by atoms with Crippen molar-refractivity contribution >= 4 is 27.4 Å². The molecular formula is C19H16FN3O4S. The SMILES string of the molecule is Cc1ccc(S(=O)(=O)Nc2cccc(C(=O)Nc3ncccc3O)c2)cc1F. The van der Waals surface area contributed by atoms with Gasteiger partial charge in [-0.25, -0.2) is 17.8 Å². The number of benzene rings is 2. The van der Waals surface area contributed by atoms with E-state index >= 15 is 0 Å². The van der Waals surface area contributed by atoms with Gasteiger partial charge in [-0.2, -0.15) is 0 Å². The normalized spacial score (nSPS) is 11.1. The number of hydrogen-bond donors (Lipinski definition) is 3. The topological polar surface area (TPSA) is 108 Å². The van der Waals surface area contributed by atoms with Crippen molar-refractivity contribution in [3.05, 3.63) is 77.7 Å². The minimum atomic E-state index is -4.03. The Hall–Kier alpha value is -3.46. The fourth-order valence-corrected chi connectivity index (χ4v) is 3.41. The Kier molecular flexibility index (Phi) is 5.27. The summed E-state index contributed by atoms with van der Waals surface area (Å²) in [7, 11) is -4.03. The van der Waals surface area contributed by atoms with Crippen molar-refractivity contribution in [2.24, 2.45) is 0 Å². The maximum atomic E-state index is 13.7. The maximum absolute atomic E-state index is 13.7. The number of anilines is 2. The van der Waals surface area contributed by atoms with Gasteiger partial charge in [-0.3, -0.25) is 9.52 Å². The van der Waals surface area contributed by atoms with Crippen molar-refractivity contribution in [3.8, 4) is 5.75 Å². The number of amides is 1. The molecule has 0 unspecified atom stereocenters. The number of rotatable bonds is 5. The van der Waals surface area contributed by atoms with Crippen LogP contribution in [0.2, 0.25) is 0 Å². The monoisotopic (exact) mass is 401 g/mol. The van der Waals surface area contributed by atoms with E-state index < -0.39 is 21.7 Å². The van der Waals surface area contributed by atoms with Crippen LogP contribution in [0.5, 0.6) is 5.75 Å². The standard InChI is InChI=1S/C19H16FN3O4S/c1-12-7-8-15(11-16(12)20)28(26,27)23-14-5-2-4-13(10-14)19(25)22-18-17(24)6-3-9-21-18/h2-11,23-24H,1H3,(H,21,22,25). The Bertz CT molecular complexity index is 1150. The van der Waals surface area contributed by atoms with E-state index in [4.69, 9.17) is 0 Å². The van der Waals surface area contributed by atoms with Crippen LogP contribution in [-0.4, -0.2) is 24.4 Å². The lowest BCUT2D eigenvalue weighted by atomic mass is 10.2. The molecule has 0 aliphatic carbocycles. The van der Waals surface area contributed by atoms with E-state index in [2.05, 4.69) is 15.0 Å². The maximum Gasteiger partial charge on any atom is 0.261 e. The second-order valence-electron chi connectivity index (χ2n) is 5.92. The van der Waals surface area contributed by atoms with Crippen LogP contribution in [0.15, 0.2) is 65.7 Å². The summed E-state index contributed by atoms with van der Waals surface area (Å²) in [6, 6.07) is 12.2. The molecule has 0 spiro atoms. The van der Waals surface area contributed by atoms with Crippen LogP contribution in [0.25, 0.3) is 0 Å². The summed E-state index contributed by atoms with van der Waals surface area (Å²) in [5.74, 6) is -1.44. The number of halogens is 1. The Morgan fingerprint density at radius 1 is 1.11 bits per heavy atom. The molecule has 0 saturated carbocycles. The van der Waals surface area contributed by atoms with Gasteiger partial charge in [-0.05, 0) is 55.0 Å². The molecule has 0 aliphatic rings. The number of aromatic nitrogens is 1. The van der Waals surface area contributed by atoms with Crippen LogP contribution in [-0.2, 0) is 10.0 Å². The molecule has 3 N–H and O–H groups in total. The number of hydrogen-bond acceptors (Lipinski definition) is 5. The van der Waals surface area contributed by atoms with Crippen molar-refractivity contribution in [2.75, 3.05) is 10.0 Å². The van der Waals surface area contributed by atoms with Crippen LogP contribution in [0.4, 0.5) is 15.9 Å². The molecule has 0 bridgehead atoms. The second kappa shape index (κ2) is 7.65. The van der Waals surface area contributed by atoms with Gasteiger partial charge in [-0.1, -0.05) is 12.1 Å². The van der Waals surface area contributed by atoms with Gasteiger partial charge in [0, 0.05) is 17.4 Å². The van der Waals surface area contributed by atoms with E-state index in [9.17, 15) is 22.7 Å². The van der Waals surface area contributed by atoms with Crippen molar-refractivity contribution in [1.82, 2.24) is 4.98 Å². The zero-order valence-electron chi connectivity index (χ0n) is 14.7. The number of nitrogens with zero attached hydrogens (tertiary/aromatic N) is 1. The van der Waals surface area contributed by atoms with Gasteiger partial charge in [0.25, 0.3) is 15.9 Å². The molecule has 0 saturated heterocycles. The molecule has 1 heterocycles. The quantitative estimate of drug-likeness (QED) is 0.608. The number of aryl methyl sites for hydroxylation is 1. The van der Waals surface area contributed by atoms with Crippen molar-refractivity contribution in [3.63, 3.8) is 0 Å². The van der Waals surface area contributed by atoms with Crippen LogP contribution in [0.3, 0.4) is 0 Å². The Labute approximate surface area is 160 Å². The first-order valence-corrected chi connectivity index (χ1v) is 9.59. The third-order valence-electron chi connectivity index (χ3n) is 3.85.